The maximum Gasteiger partial charge on any atom is 0.129 e. The van der Waals surface area contributed by atoms with Crippen molar-refractivity contribution in [1.82, 2.24) is 9.97 Å². The minimum Gasteiger partial charge on any atom is -0.500 e. The zero-order valence-electron chi connectivity index (χ0n) is 33.8. The number of pyridine rings is 2. The Labute approximate surface area is 315 Å². The average molecular weight is 847 g/mol. The third-order valence-electron chi connectivity index (χ3n) is 9.08. The minimum atomic E-state index is -2.63. The fraction of sp³-hybridized carbons (Fsp3) is 0.111. The molecule has 0 aliphatic rings. The van der Waals surface area contributed by atoms with Crippen molar-refractivity contribution >= 4 is 67.5 Å². The van der Waals surface area contributed by atoms with Gasteiger partial charge in [-0.05, 0) is 62.8 Å². The van der Waals surface area contributed by atoms with Gasteiger partial charge in [0.2, 0.25) is 0 Å². The van der Waals surface area contributed by atoms with E-state index in [9.17, 15) is 0 Å². The summed E-state index contributed by atoms with van der Waals surface area (Å²) in [7, 11) is -1.23. The first-order chi connectivity index (χ1) is 26.2. The number of benzene rings is 6. The van der Waals surface area contributed by atoms with Crippen LogP contribution in [0, 0.1) is 25.8 Å². The van der Waals surface area contributed by atoms with Crippen LogP contribution in [-0.2, 0) is 20.1 Å². The quantitative estimate of drug-likeness (QED) is 0.101. The molecular formula is C45H36IrN2OSi-2. The van der Waals surface area contributed by atoms with Crippen molar-refractivity contribution < 1.29 is 32.7 Å². The summed E-state index contributed by atoms with van der Waals surface area (Å²) in [6, 6.07) is 44.3. The number of hydrogen-bond acceptors (Lipinski definition) is 3. The monoisotopic (exact) mass is 847 g/mol. The SMILES string of the molecule is C[Si](C)(C)c1ccc(-c2[c-]cccc2)nc1.[2H]C([2H])([2H])c1cnc(-c2[c-]ccc3c2oc2c3ccc3c4ccccc4c4ccccc4c32)cc1C([2H])([2H])[2H].[Ir]. The Morgan fingerprint density at radius 1 is 0.580 bits per heavy atom. The fourth-order valence-electron chi connectivity index (χ4n) is 6.52. The molecule has 5 heteroatoms. The zero-order chi connectivity index (χ0) is 38.7. The van der Waals surface area contributed by atoms with Gasteiger partial charge in [-0.2, -0.15) is 0 Å². The molecule has 0 aliphatic heterocycles. The van der Waals surface area contributed by atoms with Crippen molar-refractivity contribution in [2.45, 2.75) is 33.3 Å². The normalized spacial score (nSPS) is 13.8. The molecule has 0 saturated heterocycles. The number of fused-ring (bicyclic) bond motifs is 10. The smallest absolute Gasteiger partial charge is 0.129 e. The van der Waals surface area contributed by atoms with Crippen molar-refractivity contribution in [3.05, 3.63) is 151 Å². The van der Waals surface area contributed by atoms with E-state index in [0.717, 1.165) is 60.7 Å². The van der Waals surface area contributed by atoms with E-state index in [1.807, 2.05) is 66.9 Å². The van der Waals surface area contributed by atoms with Crippen LogP contribution in [-0.4, -0.2) is 18.0 Å². The average Bonchev–Trinajstić information content (AvgIpc) is 3.56. The summed E-state index contributed by atoms with van der Waals surface area (Å²) in [6.45, 7) is 1.77. The molecule has 0 amide bonds. The molecule has 3 nitrogen and oxygen atoms in total. The van der Waals surface area contributed by atoms with Gasteiger partial charge in [-0.3, -0.25) is 0 Å². The van der Waals surface area contributed by atoms with Crippen LogP contribution in [0.3, 0.4) is 0 Å². The first-order valence-electron chi connectivity index (χ1n) is 19.2. The van der Waals surface area contributed by atoms with E-state index in [0.29, 0.717) is 16.8 Å². The summed E-state index contributed by atoms with van der Waals surface area (Å²) >= 11 is 0. The molecule has 9 aromatic rings. The maximum absolute atomic E-state index is 7.96. The largest absolute Gasteiger partial charge is 0.500 e. The molecule has 0 atom stereocenters. The van der Waals surface area contributed by atoms with Gasteiger partial charge in [0, 0.05) is 51.5 Å². The van der Waals surface area contributed by atoms with E-state index in [2.05, 4.69) is 84.2 Å². The second-order valence-electron chi connectivity index (χ2n) is 13.2. The molecular weight excluding hydrogens is 805 g/mol. The molecule has 3 heterocycles. The molecule has 0 unspecified atom stereocenters. The van der Waals surface area contributed by atoms with E-state index in [4.69, 9.17) is 12.6 Å². The molecule has 50 heavy (non-hydrogen) atoms. The predicted octanol–water partition coefficient (Wildman–Crippen LogP) is 11.6. The van der Waals surface area contributed by atoms with Crippen molar-refractivity contribution in [3.63, 3.8) is 0 Å². The molecule has 0 saturated carbocycles. The van der Waals surface area contributed by atoms with Crippen LogP contribution in [0.1, 0.15) is 19.4 Å². The molecule has 247 valence electrons. The van der Waals surface area contributed by atoms with Crippen LogP contribution >= 0.6 is 0 Å². The minimum absolute atomic E-state index is 0. The van der Waals surface area contributed by atoms with Gasteiger partial charge in [0.05, 0.1) is 13.7 Å². The number of aromatic nitrogens is 2. The molecule has 0 fully saturated rings. The number of rotatable bonds is 3. The van der Waals surface area contributed by atoms with E-state index >= 15 is 0 Å². The van der Waals surface area contributed by atoms with Crippen LogP contribution in [0.5, 0.6) is 0 Å². The molecule has 0 bridgehead atoms. The Bertz CT molecular complexity index is 2850. The number of hydrogen-bond donors (Lipinski definition) is 0. The Hall–Kier alpha value is -4.93. The first kappa shape index (κ1) is 26.9. The fourth-order valence-corrected chi connectivity index (χ4v) is 7.55. The Balaban J connectivity index is 0.000000238. The van der Waals surface area contributed by atoms with Gasteiger partial charge < -0.3 is 14.4 Å². The van der Waals surface area contributed by atoms with Crippen LogP contribution in [0.4, 0.5) is 0 Å². The molecule has 3 aromatic heterocycles. The topological polar surface area (TPSA) is 38.9 Å². The van der Waals surface area contributed by atoms with Crippen LogP contribution < -0.4 is 5.19 Å². The number of aryl methyl sites for hydroxylation is 2. The Morgan fingerprint density at radius 2 is 1.22 bits per heavy atom. The van der Waals surface area contributed by atoms with Gasteiger partial charge in [-0.15, -0.1) is 54.1 Å². The van der Waals surface area contributed by atoms with Gasteiger partial charge >= 0.3 is 0 Å². The maximum atomic E-state index is 7.96. The summed E-state index contributed by atoms with van der Waals surface area (Å²) in [4.78, 5) is 8.88. The number of nitrogens with zero attached hydrogens (tertiary/aromatic N) is 2. The van der Waals surface area contributed by atoms with E-state index < -0.39 is 21.8 Å². The van der Waals surface area contributed by atoms with Crippen molar-refractivity contribution in [2.24, 2.45) is 0 Å². The molecule has 1 radical (unpaired) electrons. The van der Waals surface area contributed by atoms with Gasteiger partial charge in [0.1, 0.15) is 5.58 Å². The zero-order valence-corrected chi connectivity index (χ0v) is 31.2. The Kier molecular flexibility index (Phi) is 7.21. The van der Waals surface area contributed by atoms with E-state index in [1.165, 1.54) is 16.6 Å². The predicted molar refractivity (Wildman–Crippen MR) is 209 cm³/mol. The van der Waals surface area contributed by atoms with Crippen molar-refractivity contribution in [2.75, 3.05) is 0 Å². The third-order valence-corrected chi connectivity index (χ3v) is 11.1. The van der Waals surface area contributed by atoms with Gasteiger partial charge in [-0.1, -0.05) is 115 Å². The van der Waals surface area contributed by atoms with Crippen molar-refractivity contribution in [3.8, 4) is 22.5 Å². The second kappa shape index (κ2) is 13.4. The first-order valence-corrected chi connectivity index (χ1v) is 19.7. The standard InChI is InChI=1S/C31H20NO.C14H16NSi.Ir/c1-18-16-28(32-17-19(18)2)27-13-7-12-25-26-15-14-24-22-10-4-3-8-20(22)21-9-5-6-11-23(21)29(24)31(26)33-30(25)27;1-16(2,3)13-9-10-14(15-11-13)12-7-5-4-6-8-12;/h3-12,14-17H,1-2H3;4-7,9-11H,1-3H3;/q2*-1;/i1D3,2D3;;. The summed E-state index contributed by atoms with van der Waals surface area (Å²) in [6.07, 6.45) is 3.15. The van der Waals surface area contributed by atoms with Gasteiger partial charge in [-0.25, -0.2) is 0 Å². The second-order valence-corrected chi connectivity index (χ2v) is 18.3. The van der Waals surface area contributed by atoms with Crippen LogP contribution in [0.25, 0.3) is 76.8 Å². The van der Waals surface area contributed by atoms with E-state index in [-0.39, 0.29) is 31.2 Å². The molecule has 0 spiro atoms. The van der Waals surface area contributed by atoms with Crippen LogP contribution in [0.2, 0.25) is 19.6 Å². The summed E-state index contributed by atoms with van der Waals surface area (Å²) in [5.74, 6) is 0. The van der Waals surface area contributed by atoms with Crippen LogP contribution in [0.15, 0.2) is 132 Å². The molecule has 0 N–H and O–H groups in total. The van der Waals surface area contributed by atoms with Crippen molar-refractivity contribution in [1.29, 1.82) is 0 Å². The summed E-state index contributed by atoms with van der Waals surface area (Å²) in [5.41, 5.74) is 3.53. The third kappa shape index (κ3) is 5.96. The molecule has 6 aromatic carbocycles. The van der Waals surface area contributed by atoms with E-state index in [1.54, 1.807) is 6.07 Å². The summed E-state index contributed by atoms with van der Waals surface area (Å²) < 4.78 is 53.9. The number of furan rings is 1. The molecule has 9 rings (SSSR count). The Morgan fingerprint density at radius 3 is 1.88 bits per heavy atom. The summed E-state index contributed by atoms with van der Waals surface area (Å²) in [5, 5.41) is 9.73. The van der Waals surface area contributed by atoms with Gasteiger partial charge in [0.25, 0.3) is 0 Å². The molecule has 0 aliphatic carbocycles. The van der Waals surface area contributed by atoms with Gasteiger partial charge in [0.15, 0.2) is 0 Å².